The Hall–Kier alpha value is -0.970. The van der Waals surface area contributed by atoms with Crippen molar-refractivity contribution in [2.75, 3.05) is 19.6 Å². The van der Waals surface area contributed by atoms with E-state index in [1.165, 1.54) is 12.8 Å². The van der Waals surface area contributed by atoms with E-state index >= 15 is 0 Å². The molecule has 4 nitrogen and oxygen atoms in total. The zero-order valence-electron chi connectivity index (χ0n) is 13.7. The van der Waals surface area contributed by atoms with E-state index in [-0.39, 0.29) is 0 Å². The quantitative estimate of drug-likeness (QED) is 0.875. The molecule has 2 fully saturated rings. The van der Waals surface area contributed by atoms with E-state index < -0.39 is 5.60 Å². The summed E-state index contributed by atoms with van der Waals surface area (Å²) in [7, 11) is 0. The fourth-order valence-corrected chi connectivity index (χ4v) is 3.83. The Kier molecular flexibility index (Phi) is 5.11. The Balaban J connectivity index is 1.40. The molecule has 1 saturated carbocycles. The Morgan fingerprint density at radius 1 is 1.32 bits per heavy atom. The number of aliphatic hydroxyl groups is 1. The summed E-state index contributed by atoms with van der Waals surface area (Å²) in [6.07, 6.45) is 7.49. The van der Waals surface area contributed by atoms with Crippen molar-refractivity contribution in [3.8, 4) is 0 Å². The monoisotopic (exact) mass is 303 g/mol. The van der Waals surface area contributed by atoms with Gasteiger partial charge >= 0.3 is 0 Å². The van der Waals surface area contributed by atoms with Crippen LogP contribution in [0, 0.1) is 5.92 Å². The molecule has 1 aromatic heterocycles. The largest absolute Gasteiger partial charge is 0.388 e. The van der Waals surface area contributed by atoms with Gasteiger partial charge in [0, 0.05) is 38.4 Å². The third-order valence-electron chi connectivity index (χ3n) is 5.56. The first-order valence-electron chi connectivity index (χ1n) is 8.74. The Morgan fingerprint density at radius 3 is 2.77 bits per heavy atom. The zero-order valence-corrected chi connectivity index (χ0v) is 13.7. The maximum Gasteiger partial charge on any atom is 0.0797 e. The smallest absolute Gasteiger partial charge is 0.0797 e. The second-order valence-corrected chi connectivity index (χ2v) is 7.15. The van der Waals surface area contributed by atoms with Gasteiger partial charge in [-0.1, -0.05) is 19.4 Å². The lowest BCUT2D eigenvalue weighted by Crippen LogP contribution is -2.49. The summed E-state index contributed by atoms with van der Waals surface area (Å²) in [5.74, 6) is 0.434. The molecule has 2 unspecified atom stereocenters. The summed E-state index contributed by atoms with van der Waals surface area (Å²) < 4.78 is 0. The third-order valence-corrected chi connectivity index (χ3v) is 5.56. The first kappa shape index (κ1) is 15.9. The molecular formula is C18H29N3O. The van der Waals surface area contributed by atoms with Crippen LogP contribution in [0.3, 0.4) is 0 Å². The zero-order chi connectivity index (χ0) is 15.4. The summed E-state index contributed by atoms with van der Waals surface area (Å²) in [6, 6.07) is 6.67. The van der Waals surface area contributed by atoms with Gasteiger partial charge in [-0.3, -0.25) is 9.88 Å². The standard InChI is InChI=1S/C18H29N3O/c1-15-5-4-9-18(15,22)14-20-16-7-11-21(12-8-16)13-17-6-2-3-10-19-17/h2-3,6,10,15-16,20,22H,4-5,7-9,11-14H2,1H3. The van der Waals surface area contributed by atoms with E-state index in [2.05, 4.69) is 34.3 Å². The SMILES string of the molecule is CC1CCCC1(O)CNC1CCN(Cc2ccccn2)CC1. The van der Waals surface area contributed by atoms with Gasteiger partial charge in [0.25, 0.3) is 0 Å². The summed E-state index contributed by atoms with van der Waals surface area (Å²) >= 11 is 0. The van der Waals surface area contributed by atoms with Gasteiger partial charge in [-0.15, -0.1) is 0 Å². The maximum atomic E-state index is 10.7. The number of likely N-dealkylation sites (tertiary alicyclic amines) is 1. The van der Waals surface area contributed by atoms with Gasteiger partial charge in [-0.2, -0.15) is 0 Å². The van der Waals surface area contributed by atoms with Crippen molar-refractivity contribution in [2.45, 2.75) is 57.2 Å². The molecule has 0 aromatic carbocycles. The Bertz CT molecular complexity index is 459. The van der Waals surface area contributed by atoms with Crippen LogP contribution in [0.2, 0.25) is 0 Å². The molecule has 1 saturated heterocycles. The molecule has 0 radical (unpaired) electrons. The Labute approximate surface area is 133 Å². The van der Waals surface area contributed by atoms with Crippen LogP contribution >= 0.6 is 0 Å². The normalized spacial score (nSPS) is 30.7. The average Bonchev–Trinajstić information content (AvgIpc) is 2.87. The van der Waals surface area contributed by atoms with Gasteiger partial charge in [0.2, 0.25) is 0 Å². The molecule has 1 aliphatic carbocycles. The molecule has 2 N–H and O–H groups in total. The molecule has 1 aromatic rings. The van der Waals surface area contributed by atoms with E-state index in [1.807, 2.05) is 12.3 Å². The van der Waals surface area contributed by atoms with Crippen LogP contribution in [-0.2, 0) is 6.54 Å². The van der Waals surface area contributed by atoms with E-state index in [0.29, 0.717) is 12.0 Å². The topological polar surface area (TPSA) is 48.4 Å². The van der Waals surface area contributed by atoms with Crippen LogP contribution in [0.1, 0.15) is 44.7 Å². The number of aromatic nitrogens is 1. The van der Waals surface area contributed by atoms with Crippen molar-refractivity contribution in [2.24, 2.45) is 5.92 Å². The lowest BCUT2D eigenvalue weighted by atomic mass is 9.91. The van der Waals surface area contributed by atoms with Crippen molar-refractivity contribution in [1.82, 2.24) is 15.2 Å². The number of hydrogen-bond acceptors (Lipinski definition) is 4. The summed E-state index contributed by atoms with van der Waals surface area (Å²) in [6.45, 7) is 6.13. The van der Waals surface area contributed by atoms with Crippen LogP contribution in [0.5, 0.6) is 0 Å². The van der Waals surface area contributed by atoms with Gasteiger partial charge in [0.05, 0.1) is 11.3 Å². The molecule has 2 atom stereocenters. The molecular weight excluding hydrogens is 274 g/mol. The van der Waals surface area contributed by atoms with Gasteiger partial charge in [0.1, 0.15) is 0 Å². The molecule has 122 valence electrons. The van der Waals surface area contributed by atoms with Gasteiger partial charge in [-0.05, 0) is 43.7 Å². The van der Waals surface area contributed by atoms with Crippen molar-refractivity contribution in [1.29, 1.82) is 0 Å². The van der Waals surface area contributed by atoms with Gasteiger partial charge < -0.3 is 10.4 Å². The predicted octanol–water partition coefficient (Wildman–Crippen LogP) is 2.19. The first-order valence-corrected chi connectivity index (χ1v) is 8.74. The van der Waals surface area contributed by atoms with Crippen LogP contribution in [0.25, 0.3) is 0 Å². The highest BCUT2D eigenvalue weighted by Crippen LogP contribution is 2.34. The molecule has 0 amide bonds. The molecule has 0 bridgehead atoms. The van der Waals surface area contributed by atoms with E-state index in [9.17, 15) is 5.11 Å². The highest BCUT2D eigenvalue weighted by atomic mass is 16.3. The van der Waals surface area contributed by atoms with E-state index in [1.54, 1.807) is 0 Å². The predicted molar refractivity (Wildman–Crippen MR) is 88.5 cm³/mol. The fraction of sp³-hybridized carbons (Fsp3) is 0.722. The summed E-state index contributed by atoms with van der Waals surface area (Å²) in [4.78, 5) is 6.89. The fourth-order valence-electron chi connectivity index (χ4n) is 3.83. The first-order chi connectivity index (χ1) is 10.7. The molecule has 3 rings (SSSR count). The van der Waals surface area contributed by atoms with Crippen molar-refractivity contribution >= 4 is 0 Å². The molecule has 1 aliphatic heterocycles. The minimum Gasteiger partial charge on any atom is -0.388 e. The van der Waals surface area contributed by atoms with Crippen LogP contribution in [-0.4, -0.2) is 46.3 Å². The van der Waals surface area contributed by atoms with Crippen molar-refractivity contribution in [3.05, 3.63) is 30.1 Å². The third kappa shape index (κ3) is 3.86. The van der Waals surface area contributed by atoms with Crippen LogP contribution < -0.4 is 5.32 Å². The lowest BCUT2D eigenvalue weighted by Gasteiger charge is -2.35. The van der Waals surface area contributed by atoms with Gasteiger partial charge in [-0.25, -0.2) is 0 Å². The maximum absolute atomic E-state index is 10.7. The van der Waals surface area contributed by atoms with Gasteiger partial charge in [0.15, 0.2) is 0 Å². The Morgan fingerprint density at radius 2 is 2.14 bits per heavy atom. The molecule has 4 heteroatoms. The van der Waals surface area contributed by atoms with E-state index in [4.69, 9.17) is 0 Å². The molecule has 0 spiro atoms. The second kappa shape index (κ2) is 7.07. The average molecular weight is 303 g/mol. The minimum atomic E-state index is -0.467. The van der Waals surface area contributed by atoms with Crippen LogP contribution in [0.4, 0.5) is 0 Å². The molecule has 22 heavy (non-hydrogen) atoms. The highest BCUT2D eigenvalue weighted by Gasteiger charge is 2.38. The molecule has 2 aliphatic rings. The number of pyridine rings is 1. The van der Waals surface area contributed by atoms with Crippen molar-refractivity contribution in [3.63, 3.8) is 0 Å². The number of rotatable bonds is 5. The molecule has 2 heterocycles. The number of nitrogens with zero attached hydrogens (tertiary/aromatic N) is 2. The minimum absolute atomic E-state index is 0.434. The highest BCUT2D eigenvalue weighted by molar-refractivity contribution is 5.03. The number of piperidine rings is 1. The second-order valence-electron chi connectivity index (χ2n) is 7.15. The summed E-state index contributed by atoms with van der Waals surface area (Å²) in [5, 5.41) is 14.3. The summed E-state index contributed by atoms with van der Waals surface area (Å²) in [5.41, 5.74) is 0.688. The van der Waals surface area contributed by atoms with Crippen molar-refractivity contribution < 1.29 is 5.11 Å². The van der Waals surface area contributed by atoms with Crippen LogP contribution in [0.15, 0.2) is 24.4 Å². The number of nitrogens with one attached hydrogen (secondary N) is 1. The van der Waals surface area contributed by atoms with E-state index in [0.717, 1.165) is 51.1 Å². The lowest BCUT2D eigenvalue weighted by molar-refractivity contribution is 0.00538. The number of hydrogen-bond donors (Lipinski definition) is 2.